The summed E-state index contributed by atoms with van der Waals surface area (Å²) in [5, 5.41) is 3.20. The number of carbonyl (C=O) groups excluding carboxylic acids is 1. The summed E-state index contributed by atoms with van der Waals surface area (Å²) in [5.74, 6) is -0.0133. The fraction of sp³-hybridized carbons (Fsp3) is 0.545. The molecule has 1 fully saturated rings. The van der Waals surface area contributed by atoms with Crippen molar-refractivity contribution in [1.82, 2.24) is 9.97 Å². The van der Waals surface area contributed by atoms with Crippen molar-refractivity contribution in [3.8, 4) is 0 Å². The van der Waals surface area contributed by atoms with Crippen LogP contribution in [0.25, 0.3) is 0 Å². The van der Waals surface area contributed by atoms with Gasteiger partial charge in [-0.25, -0.2) is 14.8 Å². The molecule has 2 rings (SSSR count). The highest BCUT2D eigenvalue weighted by molar-refractivity contribution is 6.28. The fourth-order valence-corrected chi connectivity index (χ4v) is 1.97. The van der Waals surface area contributed by atoms with Gasteiger partial charge in [-0.3, -0.25) is 0 Å². The Kier molecular flexibility index (Phi) is 3.98. The summed E-state index contributed by atoms with van der Waals surface area (Å²) in [4.78, 5) is 19.2. The molecule has 1 saturated carbocycles. The number of aromatic nitrogens is 2. The molecule has 6 nitrogen and oxygen atoms in total. The first-order valence-corrected chi connectivity index (χ1v) is 5.92. The van der Waals surface area contributed by atoms with Gasteiger partial charge in [0.2, 0.25) is 5.28 Å². The van der Waals surface area contributed by atoms with E-state index >= 15 is 0 Å². The largest absolute Gasteiger partial charge is 0.464 e. The maximum atomic E-state index is 11.4. The highest BCUT2D eigenvalue weighted by atomic mass is 35.5. The number of anilines is 1. The molecule has 0 spiro atoms. The van der Waals surface area contributed by atoms with Crippen molar-refractivity contribution < 1.29 is 14.3 Å². The van der Waals surface area contributed by atoms with E-state index in [1.54, 1.807) is 7.11 Å². The Balaban J connectivity index is 2.04. The first-order valence-electron chi connectivity index (χ1n) is 5.54. The third-order valence-electron chi connectivity index (χ3n) is 2.87. The van der Waals surface area contributed by atoms with E-state index < -0.39 is 5.97 Å². The van der Waals surface area contributed by atoms with E-state index in [0.29, 0.717) is 11.9 Å². The second-order valence-electron chi connectivity index (χ2n) is 4.07. The summed E-state index contributed by atoms with van der Waals surface area (Å²) < 4.78 is 9.77. The van der Waals surface area contributed by atoms with Gasteiger partial charge in [-0.15, -0.1) is 0 Å². The SMILES string of the molecule is COC(=O)c1cc(NC2CC(OC)C2)nc(Cl)n1. The Morgan fingerprint density at radius 1 is 1.44 bits per heavy atom. The van der Waals surface area contributed by atoms with Gasteiger partial charge in [-0.05, 0) is 24.4 Å². The van der Waals surface area contributed by atoms with E-state index in [-0.39, 0.29) is 17.0 Å². The van der Waals surface area contributed by atoms with Crippen LogP contribution in [0.15, 0.2) is 6.07 Å². The second kappa shape index (κ2) is 5.49. The number of halogens is 1. The van der Waals surface area contributed by atoms with Crippen LogP contribution in [0.2, 0.25) is 5.28 Å². The maximum absolute atomic E-state index is 11.4. The molecule has 1 aliphatic rings. The van der Waals surface area contributed by atoms with Gasteiger partial charge in [-0.2, -0.15) is 0 Å². The number of esters is 1. The van der Waals surface area contributed by atoms with Gasteiger partial charge in [0.05, 0.1) is 13.2 Å². The third-order valence-corrected chi connectivity index (χ3v) is 3.04. The fourth-order valence-electron chi connectivity index (χ4n) is 1.79. The molecule has 7 heteroatoms. The summed E-state index contributed by atoms with van der Waals surface area (Å²) in [6, 6.07) is 1.81. The normalized spacial score (nSPS) is 22.2. The number of carbonyl (C=O) groups is 1. The summed E-state index contributed by atoms with van der Waals surface area (Å²) >= 11 is 5.76. The van der Waals surface area contributed by atoms with Gasteiger partial charge >= 0.3 is 5.97 Å². The van der Waals surface area contributed by atoms with Gasteiger partial charge in [0.25, 0.3) is 0 Å². The molecule has 0 saturated heterocycles. The topological polar surface area (TPSA) is 73.3 Å². The Hall–Kier alpha value is -1.40. The van der Waals surface area contributed by atoms with Crippen molar-refractivity contribution in [3.05, 3.63) is 17.0 Å². The molecule has 0 radical (unpaired) electrons. The summed E-state index contributed by atoms with van der Waals surface area (Å²) in [6.45, 7) is 0. The lowest BCUT2D eigenvalue weighted by atomic mass is 9.89. The third kappa shape index (κ3) is 2.88. The monoisotopic (exact) mass is 271 g/mol. The van der Waals surface area contributed by atoms with Crippen molar-refractivity contribution >= 4 is 23.4 Å². The summed E-state index contributed by atoms with van der Waals surface area (Å²) in [7, 11) is 2.98. The van der Waals surface area contributed by atoms with Crippen LogP contribution < -0.4 is 5.32 Å². The van der Waals surface area contributed by atoms with Crippen LogP contribution in [0.1, 0.15) is 23.3 Å². The molecule has 1 aromatic rings. The highest BCUT2D eigenvalue weighted by Gasteiger charge is 2.29. The lowest BCUT2D eigenvalue weighted by molar-refractivity contribution is 0.0327. The zero-order valence-corrected chi connectivity index (χ0v) is 10.9. The van der Waals surface area contributed by atoms with Gasteiger partial charge in [0, 0.05) is 19.2 Å². The molecule has 0 aliphatic heterocycles. The lowest BCUT2D eigenvalue weighted by Gasteiger charge is -2.34. The van der Waals surface area contributed by atoms with Gasteiger partial charge in [-0.1, -0.05) is 0 Å². The number of methoxy groups -OCH3 is 2. The van der Waals surface area contributed by atoms with Crippen LogP contribution >= 0.6 is 11.6 Å². The van der Waals surface area contributed by atoms with Crippen LogP contribution in [0.5, 0.6) is 0 Å². The molecule has 1 aromatic heterocycles. The van der Waals surface area contributed by atoms with Crippen LogP contribution in [0.4, 0.5) is 5.82 Å². The Morgan fingerprint density at radius 3 is 2.78 bits per heavy atom. The highest BCUT2D eigenvalue weighted by Crippen LogP contribution is 2.26. The average Bonchev–Trinajstić information content (AvgIpc) is 2.31. The number of rotatable bonds is 4. The molecule has 0 atom stereocenters. The zero-order valence-electron chi connectivity index (χ0n) is 10.1. The second-order valence-corrected chi connectivity index (χ2v) is 4.41. The molecule has 0 unspecified atom stereocenters. The predicted octanol–water partition coefficient (Wildman–Crippen LogP) is 1.51. The van der Waals surface area contributed by atoms with E-state index in [0.717, 1.165) is 12.8 Å². The number of hydrogen-bond donors (Lipinski definition) is 1. The zero-order chi connectivity index (χ0) is 13.1. The molecule has 98 valence electrons. The number of nitrogens with zero attached hydrogens (tertiary/aromatic N) is 2. The predicted molar refractivity (Wildman–Crippen MR) is 65.8 cm³/mol. The summed E-state index contributed by atoms with van der Waals surface area (Å²) in [6.07, 6.45) is 2.11. The molecule has 0 amide bonds. The minimum atomic E-state index is -0.536. The lowest BCUT2D eigenvalue weighted by Crippen LogP contribution is -2.40. The first kappa shape index (κ1) is 13.0. The Morgan fingerprint density at radius 2 is 2.17 bits per heavy atom. The molecule has 0 aromatic carbocycles. The standard InChI is InChI=1S/C11H14ClN3O3/c1-17-7-3-6(4-7)13-9-5-8(10(16)18-2)14-11(12)15-9/h5-7H,3-4H2,1-2H3,(H,13,14,15). The van der Waals surface area contributed by atoms with Crippen LogP contribution in [-0.2, 0) is 9.47 Å². The molecule has 0 bridgehead atoms. The summed E-state index contributed by atoms with van der Waals surface area (Å²) in [5.41, 5.74) is 0.141. The number of nitrogens with one attached hydrogen (secondary N) is 1. The molecular weight excluding hydrogens is 258 g/mol. The van der Waals surface area contributed by atoms with Crippen molar-refractivity contribution in [2.45, 2.75) is 25.0 Å². The van der Waals surface area contributed by atoms with Crippen molar-refractivity contribution in [1.29, 1.82) is 0 Å². The van der Waals surface area contributed by atoms with Crippen LogP contribution in [0.3, 0.4) is 0 Å². The van der Waals surface area contributed by atoms with Crippen LogP contribution in [-0.4, -0.2) is 42.3 Å². The van der Waals surface area contributed by atoms with E-state index in [2.05, 4.69) is 20.0 Å². The minimum Gasteiger partial charge on any atom is -0.464 e. The molecule has 1 aliphatic carbocycles. The van der Waals surface area contributed by atoms with Crippen molar-refractivity contribution in [2.24, 2.45) is 0 Å². The van der Waals surface area contributed by atoms with Crippen molar-refractivity contribution in [2.75, 3.05) is 19.5 Å². The molecule has 18 heavy (non-hydrogen) atoms. The first-order chi connectivity index (χ1) is 8.62. The Labute approximate surface area is 110 Å². The number of ether oxygens (including phenoxy) is 2. The maximum Gasteiger partial charge on any atom is 0.356 e. The minimum absolute atomic E-state index is 0.0167. The average molecular weight is 272 g/mol. The van der Waals surface area contributed by atoms with Crippen molar-refractivity contribution in [3.63, 3.8) is 0 Å². The van der Waals surface area contributed by atoms with E-state index in [1.165, 1.54) is 13.2 Å². The Bertz CT molecular complexity index is 449. The van der Waals surface area contributed by atoms with E-state index in [4.69, 9.17) is 16.3 Å². The smallest absolute Gasteiger partial charge is 0.356 e. The quantitative estimate of drug-likeness (QED) is 0.661. The molecule has 1 N–H and O–H groups in total. The number of hydrogen-bond acceptors (Lipinski definition) is 6. The van der Waals surface area contributed by atoms with Gasteiger partial charge in [0.15, 0.2) is 5.69 Å². The van der Waals surface area contributed by atoms with Crippen LogP contribution in [0, 0.1) is 0 Å². The molecular formula is C11H14ClN3O3. The van der Waals surface area contributed by atoms with Gasteiger partial charge in [0.1, 0.15) is 5.82 Å². The molecule has 1 heterocycles. The van der Waals surface area contributed by atoms with Gasteiger partial charge < -0.3 is 14.8 Å². The van der Waals surface area contributed by atoms with E-state index in [1.807, 2.05) is 0 Å². The van der Waals surface area contributed by atoms with E-state index in [9.17, 15) is 4.79 Å².